The largest absolute Gasteiger partial charge is 2.00 e. The molecule has 3 nitrogen and oxygen atoms in total. The van der Waals surface area contributed by atoms with Crippen LogP contribution in [0, 0.1) is 0 Å². The van der Waals surface area contributed by atoms with E-state index in [4.69, 9.17) is 5.53 Å². The number of allylic oxidation sites excluding steroid dienone is 3. The molecule has 0 heterocycles. The summed E-state index contributed by atoms with van der Waals surface area (Å²) in [5.41, 5.74) is 10.5. The Balaban J connectivity index is -0.000000563. The monoisotopic (exact) mass is 311 g/mol. The van der Waals surface area contributed by atoms with Gasteiger partial charge >= 0.3 is 19.5 Å². The predicted octanol–water partition coefficient (Wildman–Crippen LogP) is -4.15. The first-order valence-corrected chi connectivity index (χ1v) is 4.66. The Hall–Kier alpha value is -0.137. The molecule has 16 heavy (non-hydrogen) atoms. The van der Waals surface area contributed by atoms with E-state index in [-0.39, 0.29) is 44.3 Å². The van der Waals surface area contributed by atoms with Crippen LogP contribution in [0.1, 0.15) is 20.3 Å². The van der Waals surface area contributed by atoms with Crippen LogP contribution >= 0.6 is 0 Å². The van der Waals surface area contributed by atoms with Crippen molar-refractivity contribution in [2.45, 2.75) is 20.3 Å². The second-order valence-electron chi connectivity index (χ2n) is 2.93. The molecule has 0 atom stereocenters. The molecular formula is C10H15Cl2N3Zn. The average molecular weight is 314 g/mol. The van der Waals surface area contributed by atoms with E-state index >= 15 is 0 Å². The summed E-state index contributed by atoms with van der Waals surface area (Å²) in [6, 6.07) is 0. The van der Waals surface area contributed by atoms with E-state index in [9.17, 15) is 0 Å². The van der Waals surface area contributed by atoms with Crippen molar-refractivity contribution in [3.8, 4) is 0 Å². The Morgan fingerprint density at radius 1 is 1.25 bits per heavy atom. The van der Waals surface area contributed by atoms with Crippen LogP contribution in [-0.2, 0) is 19.5 Å². The molecule has 0 spiro atoms. The molecule has 0 unspecified atom stereocenters. The van der Waals surface area contributed by atoms with E-state index in [2.05, 4.69) is 29.6 Å². The number of hydrogen-bond donors (Lipinski definition) is 0. The van der Waals surface area contributed by atoms with Crippen molar-refractivity contribution in [3.05, 3.63) is 29.5 Å². The van der Waals surface area contributed by atoms with Gasteiger partial charge in [-0.3, -0.25) is 0 Å². The van der Waals surface area contributed by atoms with E-state index < -0.39 is 0 Å². The Labute approximate surface area is 122 Å². The minimum absolute atomic E-state index is 0. The van der Waals surface area contributed by atoms with E-state index in [0.717, 1.165) is 25.2 Å². The molecule has 86 valence electrons. The van der Waals surface area contributed by atoms with Crippen molar-refractivity contribution in [1.29, 1.82) is 0 Å². The summed E-state index contributed by atoms with van der Waals surface area (Å²) in [4.78, 5) is 5.43. The van der Waals surface area contributed by atoms with Crippen molar-refractivity contribution in [3.63, 3.8) is 0 Å². The normalized spacial score (nSPS) is 12.4. The van der Waals surface area contributed by atoms with Gasteiger partial charge in [-0.1, -0.05) is 0 Å². The molecule has 0 radical (unpaired) electrons. The number of nitrogens with zero attached hydrogens (tertiary/aromatic N) is 3. The van der Waals surface area contributed by atoms with Gasteiger partial charge in [0.1, 0.15) is 0 Å². The SMILES string of the molecule is CCN(CC)C1=CCC(=[N+]=[N-])C=C1.[Cl-].[Cl-].[Zn+2]. The Morgan fingerprint density at radius 3 is 2.12 bits per heavy atom. The quantitative estimate of drug-likeness (QED) is 0.296. The van der Waals surface area contributed by atoms with Crippen molar-refractivity contribution in [1.82, 2.24) is 4.90 Å². The molecule has 6 heteroatoms. The fraction of sp³-hybridized carbons (Fsp3) is 0.500. The van der Waals surface area contributed by atoms with Gasteiger partial charge in [0.2, 0.25) is 0 Å². The molecule has 0 bridgehead atoms. The predicted molar refractivity (Wildman–Crippen MR) is 53.4 cm³/mol. The Morgan fingerprint density at radius 2 is 1.81 bits per heavy atom. The smallest absolute Gasteiger partial charge is 1.00 e. The molecule has 0 saturated heterocycles. The molecule has 1 aliphatic carbocycles. The van der Waals surface area contributed by atoms with Gasteiger partial charge in [-0.2, -0.15) is 4.79 Å². The summed E-state index contributed by atoms with van der Waals surface area (Å²) < 4.78 is 0. The van der Waals surface area contributed by atoms with Crippen LogP contribution in [0.25, 0.3) is 5.53 Å². The third kappa shape index (κ3) is 5.81. The average Bonchev–Trinajstić information content (AvgIpc) is 2.21. The van der Waals surface area contributed by atoms with Gasteiger partial charge in [-0.05, 0) is 26.0 Å². The van der Waals surface area contributed by atoms with E-state index in [1.54, 1.807) is 0 Å². The van der Waals surface area contributed by atoms with Crippen molar-refractivity contribution in [2.24, 2.45) is 0 Å². The molecule has 0 aromatic heterocycles. The zero-order valence-corrected chi connectivity index (χ0v) is 14.1. The van der Waals surface area contributed by atoms with Crippen molar-refractivity contribution < 1.29 is 49.1 Å². The van der Waals surface area contributed by atoms with Gasteiger partial charge in [-0.15, -0.1) is 0 Å². The summed E-state index contributed by atoms with van der Waals surface area (Å²) in [6.07, 6.45) is 6.65. The molecule has 0 amide bonds. The molecule has 0 saturated carbocycles. The molecule has 1 rings (SSSR count). The number of halogens is 2. The number of rotatable bonds is 3. The van der Waals surface area contributed by atoms with E-state index in [1.165, 1.54) is 5.70 Å². The summed E-state index contributed by atoms with van der Waals surface area (Å²) in [5.74, 6) is 0. The third-order valence-corrected chi connectivity index (χ3v) is 2.22. The summed E-state index contributed by atoms with van der Waals surface area (Å²) in [5, 5.41) is 0. The fourth-order valence-corrected chi connectivity index (χ4v) is 1.42. The van der Waals surface area contributed by atoms with Crippen LogP contribution in [0.5, 0.6) is 0 Å². The molecular weight excluding hydrogens is 298 g/mol. The maximum atomic E-state index is 8.52. The molecule has 0 N–H and O–H groups in total. The third-order valence-electron chi connectivity index (χ3n) is 2.22. The van der Waals surface area contributed by atoms with Gasteiger partial charge < -0.3 is 35.2 Å². The van der Waals surface area contributed by atoms with Crippen molar-refractivity contribution in [2.75, 3.05) is 13.1 Å². The topological polar surface area (TPSA) is 39.6 Å². The molecule has 0 fully saturated rings. The molecule has 1 aliphatic rings. The maximum absolute atomic E-state index is 8.52. The molecule has 0 aliphatic heterocycles. The first-order valence-electron chi connectivity index (χ1n) is 4.66. The minimum atomic E-state index is 0. The van der Waals surface area contributed by atoms with E-state index in [0.29, 0.717) is 0 Å². The zero-order valence-electron chi connectivity index (χ0n) is 9.66. The summed E-state index contributed by atoms with van der Waals surface area (Å²) >= 11 is 0. The maximum Gasteiger partial charge on any atom is 2.00 e. The van der Waals surface area contributed by atoms with Crippen molar-refractivity contribution >= 4 is 5.71 Å². The van der Waals surface area contributed by atoms with E-state index in [1.807, 2.05) is 12.2 Å². The van der Waals surface area contributed by atoms with Crippen LogP contribution < -0.4 is 24.8 Å². The van der Waals surface area contributed by atoms with Crippen LogP contribution in [0.4, 0.5) is 0 Å². The fourth-order valence-electron chi connectivity index (χ4n) is 1.42. The van der Waals surface area contributed by atoms with Crippen LogP contribution in [0.2, 0.25) is 0 Å². The second kappa shape index (κ2) is 11.4. The number of hydrogen-bond acceptors (Lipinski definition) is 1. The van der Waals surface area contributed by atoms with Gasteiger partial charge in [-0.25, -0.2) is 0 Å². The van der Waals surface area contributed by atoms with Crippen LogP contribution in [-0.4, -0.2) is 28.5 Å². The molecule has 0 aromatic carbocycles. The van der Waals surface area contributed by atoms with Gasteiger partial charge in [0, 0.05) is 24.9 Å². The van der Waals surface area contributed by atoms with Crippen LogP contribution in [0.3, 0.4) is 0 Å². The first kappa shape index (κ1) is 21.2. The van der Waals surface area contributed by atoms with Gasteiger partial charge in [0.15, 0.2) is 0 Å². The Kier molecular flexibility index (Phi) is 15.0. The summed E-state index contributed by atoms with van der Waals surface area (Å²) in [7, 11) is 0. The molecule has 0 aromatic rings. The number of likely N-dealkylation sites (N-methyl/N-ethyl adjacent to an activating group) is 1. The van der Waals surface area contributed by atoms with Gasteiger partial charge in [0.05, 0.1) is 6.42 Å². The zero-order chi connectivity index (χ0) is 9.68. The standard InChI is InChI=1S/C10H15N3.2ClH.Zn/c1-3-13(4-2)10-7-5-9(12-11)6-8-10;;;/h5,7-8H,3-4,6H2,1-2H3;2*1H;/q;;;+2/p-2. The van der Waals surface area contributed by atoms with Gasteiger partial charge in [0.25, 0.3) is 5.71 Å². The Bertz CT molecular complexity index is 292. The minimum Gasteiger partial charge on any atom is -1.00 e. The van der Waals surface area contributed by atoms with Crippen LogP contribution in [0.15, 0.2) is 23.9 Å². The summed E-state index contributed by atoms with van der Waals surface area (Å²) in [6.45, 7) is 6.29. The first-order chi connectivity index (χ1) is 6.31. The second-order valence-corrected chi connectivity index (χ2v) is 2.93.